The summed E-state index contributed by atoms with van der Waals surface area (Å²) in [4.78, 5) is 2.16. The second kappa shape index (κ2) is 5.26. The molecule has 0 saturated carbocycles. The van der Waals surface area contributed by atoms with Gasteiger partial charge in [0.25, 0.3) is 0 Å². The normalized spacial score (nSPS) is 14.2. The lowest BCUT2D eigenvalue weighted by Crippen LogP contribution is -2.52. The molecule has 0 fully saturated rings. The number of nitrogens with zero attached hydrogens (tertiary/aromatic N) is 1. The van der Waals surface area contributed by atoms with Gasteiger partial charge in [-0.2, -0.15) is 0 Å². The minimum atomic E-state index is 0.0502. The van der Waals surface area contributed by atoms with Crippen LogP contribution in [0.1, 0.15) is 33.1 Å². The topological polar surface area (TPSA) is 29.3 Å². The third-order valence-corrected chi connectivity index (χ3v) is 2.90. The van der Waals surface area contributed by atoms with E-state index in [9.17, 15) is 0 Å². The molecule has 0 bridgehead atoms. The molecule has 2 heteroatoms. The number of unbranched alkanes of at least 4 members (excludes halogenated alkanes) is 1. The molecular weight excluding hydrogens is 160 g/mol. The highest BCUT2D eigenvalue weighted by Crippen LogP contribution is 2.17. The van der Waals surface area contributed by atoms with Gasteiger partial charge in [0.05, 0.1) is 0 Å². The second-order valence-corrected chi connectivity index (χ2v) is 4.25. The Morgan fingerprint density at radius 1 is 1.46 bits per heavy atom. The molecule has 76 valence electrons. The smallest absolute Gasteiger partial charge is 0.0298 e. The van der Waals surface area contributed by atoms with E-state index in [1.54, 1.807) is 0 Å². The van der Waals surface area contributed by atoms with Crippen LogP contribution in [0.2, 0.25) is 0 Å². The van der Waals surface area contributed by atoms with Crippen molar-refractivity contribution in [3.8, 4) is 12.3 Å². The highest BCUT2D eigenvalue weighted by Gasteiger charge is 2.27. The standard InChI is InChI=1S/C11H22N2/c1-6-7-8-9-10(12)11(2,3)13(4)5/h1,10H,7-9,12H2,2-5H3. The van der Waals surface area contributed by atoms with Gasteiger partial charge in [-0.15, -0.1) is 12.3 Å². The van der Waals surface area contributed by atoms with E-state index in [1.165, 1.54) is 0 Å². The quantitative estimate of drug-likeness (QED) is 0.515. The average molecular weight is 182 g/mol. The van der Waals surface area contributed by atoms with Crippen molar-refractivity contribution in [2.45, 2.75) is 44.7 Å². The van der Waals surface area contributed by atoms with Gasteiger partial charge in [-0.1, -0.05) is 0 Å². The fraction of sp³-hybridized carbons (Fsp3) is 0.818. The van der Waals surface area contributed by atoms with Crippen molar-refractivity contribution in [1.82, 2.24) is 4.90 Å². The van der Waals surface area contributed by atoms with Gasteiger partial charge in [0.1, 0.15) is 0 Å². The van der Waals surface area contributed by atoms with Crippen molar-refractivity contribution in [2.24, 2.45) is 5.73 Å². The van der Waals surface area contributed by atoms with Gasteiger partial charge in [-0.3, -0.25) is 0 Å². The first-order chi connectivity index (χ1) is 5.92. The second-order valence-electron chi connectivity index (χ2n) is 4.25. The Hall–Kier alpha value is -0.520. The first-order valence-corrected chi connectivity index (χ1v) is 4.79. The van der Waals surface area contributed by atoms with Crippen LogP contribution in [-0.4, -0.2) is 30.6 Å². The molecule has 1 atom stereocenters. The average Bonchev–Trinajstić information content (AvgIpc) is 2.04. The van der Waals surface area contributed by atoms with E-state index in [1.807, 2.05) is 0 Å². The van der Waals surface area contributed by atoms with E-state index in [4.69, 9.17) is 12.2 Å². The number of nitrogens with two attached hydrogens (primary N) is 1. The maximum atomic E-state index is 6.08. The number of hydrogen-bond acceptors (Lipinski definition) is 2. The van der Waals surface area contributed by atoms with E-state index in [-0.39, 0.29) is 11.6 Å². The van der Waals surface area contributed by atoms with Crippen molar-refractivity contribution >= 4 is 0 Å². The Morgan fingerprint density at radius 2 is 2.00 bits per heavy atom. The SMILES string of the molecule is C#CCCCC(N)C(C)(C)N(C)C. The zero-order valence-corrected chi connectivity index (χ0v) is 9.30. The van der Waals surface area contributed by atoms with Gasteiger partial charge in [0.2, 0.25) is 0 Å². The number of rotatable bonds is 5. The highest BCUT2D eigenvalue weighted by molar-refractivity contribution is 4.90. The van der Waals surface area contributed by atoms with Crippen LogP contribution in [0.3, 0.4) is 0 Å². The van der Waals surface area contributed by atoms with Crippen LogP contribution in [0.15, 0.2) is 0 Å². The molecule has 0 heterocycles. The van der Waals surface area contributed by atoms with Gasteiger partial charge < -0.3 is 10.6 Å². The Balaban J connectivity index is 3.95. The third-order valence-electron chi connectivity index (χ3n) is 2.90. The van der Waals surface area contributed by atoms with E-state index < -0.39 is 0 Å². The lowest BCUT2D eigenvalue weighted by atomic mass is 9.90. The van der Waals surface area contributed by atoms with Crippen LogP contribution in [0, 0.1) is 12.3 Å². The summed E-state index contributed by atoms with van der Waals surface area (Å²) in [5, 5.41) is 0. The van der Waals surface area contributed by atoms with E-state index in [0.717, 1.165) is 19.3 Å². The number of likely N-dealkylation sites (N-methyl/N-ethyl adjacent to an activating group) is 1. The molecule has 0 aliphatic rings. The molecule has 2 nitrogen and oxygen atoms in total. The van der Waals surface area contributed by atoms with Gasteiger partial charge >= 0.3 is 0 Å². The predicted octanol–water partition coefficient (Wildman–Crippen LogP) is 1.46. The van der Waals surface area contributed by atoms with E-state index >= 15 is 0 Å². The first kappa shape index (κ1) is 12.5. The molecule has 0 saturated heterocycles. The Kier molecular flexibility index (Phi) is 5.05. The minimum absolute atomic E-state index is 0.0502. The van der Waals surface area contributed by atoms with Crippen molar-refractivity contribution in [3.63, 3.8) is 0 Å². The Bertz CT molecular complexity index is 177. The van der Waals surface area contributed by atoms with Crippen molar-refractivity contribution in [1.29, 1.82) is 0 Å². The largest absolute Gasteiger partial charge is 0.326 e. The fourth-order valence-corrected chi connectivity index (χ4v) is 1.11. The van der Waals surface area contributed by atoms with Crippen LogP contribution < -0.4 is 5.73 Å². The molecular formula is C11H22N2. The fourth-order valence-electron chi connectivity index (χ4n) is 1.11. The number of hydrogen-bond donors (Lipinski definition) is 1. The Morgan fingerprint density at radius 3 is 2.38 bits per heavy atom. The molecule has 0 aliphatic heterocycles. The van der Waals surface area contributed by atoms with Crippen LogP contribution in [-0.2, 0) is 0 Å². The minimum Gasteiger partial charge on any atom is -0.326 e. The van der Waals surface area contributed by atoms with Gasteiger partial charge in [-0.05, 0) is 40.8 Å². The summed E-state index contributed by atoms with van der Waals surface area (Å²) in [6, 6.07) is 0.191. The first-order valence-electron chi connectivity index (χ1n) is 4.79. The van der Waals surface area contributed by atoms with E-state index in [0.29, 0.717) is 0 Å². The highest BCUT2D eigenvalue weighted by atomic mass is 15.2. The maximum Gasteiger partial charge on any atom is 0.0298 e. The van der Waals surface area contributed by atoms with Gasteiger partial charge in [0, 0.05) is 18.0 Å². The summed E-state index contributed by atoms with van der Waals surface area (Å²) >= 11 is 0. The van der Waals surface area contributed by atoms with Crippen LogP contribution in [0.4, 0.5) is 0 Å². The van der Waals surface area contributed by atoms with Gasteiger partial charge in [0.15, 0.2) is 0 Å². The van der Waals surface area contributed by atoms with Crippen molar-refractivity contribution < 1.29 is 0 Å². The lowest BCUT2D eigenvalue weighted by molar-refractivity contribution is 0.152. The lowest BCUT2D eigenvalue weighted by Gasteiger charge is -2.38. The molecule has 0 aromatic heterocycles. The summed E-state index contributed by atoms with van der Waals surface area (Å²) in [6.07, 6.45) is 8.03. The Labute approximate surface area is 82.5 Å². The summed E-state index contributed by atoms with van der Waals surface area (Å²) in [7, 11) is 4.11. The van der Waals surface area contributed by atoms with Crippen molar-refractivity contribution in [3.05, 3.63) is 0 Å². The molecule has 0 aromatic rings. The molecule has 1 unspecified atom stereocenters. The molecule has 0 amide bonds. The molecule has 0 aromatic carbocycles. The zero-order chi connectivity index (χ0) is 10.5. The summed E-state index contributed by atoms with van der Waals surface area (Å²) in [5.74, 6) is 2.63. The summed E-state index contributed by atoms with van der Waals surface area (Å²) in [6.45, 7) is 4.32. The predicted molar refractivity (Wildman–Crippen MR) is 58.4 cm³/mol. The zero-order valence-electron chi connectivity index (χ0n) is 9.30. The van der Waals surface area contributed by atoms with Crippen LogP contribution >= 0.6 is 0 Å². The van der Waals surface area contributed by atoms with Crippen molar-refractivity contribution in [2.75, 3.05) is 14.1 Å². The van der Waals surface area contributed by atoms with Gasteiger partial charge in [-0.25, -0.2) is 0 Å². The molecule has 0 radical (unpaired) electrons. The monoisotopic (exact) mass is 182 g/mol. The molecule has 2 N–H and O–H groups in total. The van der Waals surface area contributed by atoms with Crippen LogP contribution in [0.25, 0.3) is 0 Å². The number of terminal acetylenes is 1. The molecule has 0 spiro atoms. The van der Waals surface area contributed by atoms with E-state index in [2.05, 4.69) is 38.8 Å². The third kappa shape index (κ3) is 3.80. The maximum absolute atomic E-state index is 6.08. The molecule has 0 rings (SSSR count). The molecule has 0 aliphatic carbocycles. The molecule has 13 heavy (non-hydrogen) atoms. The summed E-state index contributed by atoms with van der Waals surface area (Å²) < 4.78 is 0. The summed E-state index contributed by atoms with van der Waals surface area (Å²) in [5.41, 5.74) is 6.13. The van der Waals surface area contributed by atoms with Crippen LogP contribution in [0.5, 0.6) is 0 Å².